The SMILES string of the molecule is O=C(CCCCCCF)NO. The van der Waals surface area contributed by atoms with Crippen LogP contribution in [0.2, 0.25) is 0 Å². The molecule has 4 heteroatoms. The van der Waals surface area contributed by atoms with Gasteiger partial charge in [0.1, 0.15) is 0 Å². The Morgan fingerprint density at radius 3 is 2.45 bits per heavy atom. The van der Waals surface area contributed by atoms with Crippen molar-refractivity contribution in [3.05, 3.63) is 0 Å². The summed E-state index contributed by atoms with van der Waals surface area (Å²) in [7, 11) is 0. The molecule has 11 heavy (non-hydrogen) atoms. The van der Waals surface area contributed by atoms with Crippen LogP contribution in [-0.4, -0.2) is 17.8 Å². The van der Waals surface area contributed by atoms with Crippen molar-refractivity contribution in [3.8, 4) is 0 Å². The molecule has 66 valence electrons. The molecule has 0 aliphatic heterocycles. The molecular formula is C7H14FNO2. The summed E-state index contributed by atoms with van der Waals surface area (Å²) in [6, 6.07) is 0. The highest BCUT2D eigenvalue weighted by atomic mass is 19.1. The Bertz CT molecular complexity index is 109. The molecule has 0 aromatic heterocycles. The Morgan fingerprint density at radius 1 is 1.27 bits per heavy atom. The average molecular weight is 163 g/mol. The highest BCUT2D eigenvalue weighted by Gasteiger charge is 1.97. The molecule has 0 aromatic rings. The molecule has 0 spiro atoms. The lowest BCUT2D eigenvalue weighted by molar-refractivity contribution is -0.129. The van der Waals surface area contributed by atoms with Gasteiger partial charge in [0.2, 0.25) is 5.91 Å². The summed E-state index contributed by atoms with van der Waals surface area (Å²) in [5, 5.41) is 8.08. The minimum absolute atomic E-state index is 0.286. The lowest BCUT2D eigenvalue weighted by atomic mass is 10.1. The maximum Gasteiger partial charge on any atom is 0.243 e. The highest BCUT2D eigenvalue weighted by Crippen LogP contribution is 2.02. The van der Waals surface area contributed by atoms with Crippen LogP contribution in [0.25, 0.3) is 0 Å². The topological polar surface area (TPSA) is 49.3 Å². The number of alkyl halides is 1. The number of nitrogens with one attached hydrogen (secondary N) is 1. The van der Waals surface area contributed by atoms with E-state index in [1.807, 2.05) is 0 Å². The molecule has 0 aliphatic rings. The second-order valence-corrected chi connectivity index (χ2v) is 2.39. The molecule has 3 nitrogen and oxygen atoms in total. The van der Waals surface area contributed by atoms with Crippen LogP contribution in [-0.2, 0) is 4.79 Å². The average Bonchev–Trinajstić information content (AvgIpc) is 2.04. The number of hydrogen-bond acceptors (Lipinski definition) is 2. The van der Waals surface area contributed by atoms with Crippen LogP contribution in [0.15, 0.2) is 0 Å². The van der Waals surface area contributed by atoms with Gasteiger partial charge in [-0.25, -0.2) is 5.48 Å². The van der Waals surface area contributed by atoms with Crippen molar-refractivity contribution < 1.29 is 14.4 Å². The first-order chi connectivity index (χ1) is 5.31. The molecule has 0 unspecified atom stereocenters. The van der Waals surface area contributed by atoms with E-state index in [1.54, 1.807) is 5.48 Å². The fourth-order valence-electron chi connectivity index (χ4n) is 0.790. The third kappa shape index (κ3) is 7.25. The van der Waals surface area contributed by atoms with Crippen LogP contribution in [0.4, 0.5) is 4.39 Å². The first-order valence-electron chi connectivity index (χ1n) is 3.80. The fourth-order valence-corrected chi connectivity index (χ4v) is 0.790. The van der Waals surface area contributed by atoms with Gasteiger partial charge in [0.25, 0.3) is 0 Å². The summed E-state index contributed by atoms with van der Waals surface area (Å²) in [5.74, 6) is -0.370. The van der Waals surface area contributed by atoms with Crippen LogP contribution < -0.4 is 5.48 Å². The third-order valence-corrected chi connectivity index (χ3v) is 1.41. The number of halogens is 1. The van der Waals surface area contributed by atoms with Gasteiger partial charge in [0, 0.05) is 6.42 Å². The fraction of sp³-hybridized carbons (Fsp3) is 0.857. The molecule has 2 N–H and O–H groups in total. The zero-order chi connectivity index (χ0) is 8.53. The summed E-state index contributed by atoms with van der Waals surface area (Å²) < 4.78 is 11.5. The number of carbonyl (C=O) groups excluding carboxylic acids is 1. The maximum absolute atomic E-state index is 11.5. The summed E-state index contributed by atoms with van der Waals surface area (Å²) in [5.41, 5.74) is 1.54. The summed E-state index contributed by atoms with van der Waals surface area (Å²) in [6.45, 7) is -0.286. The van der Waals surface area contributed by atoms with Crippen LogP contribution >= 0.6 is 0 Å². The Labute approximate surface area is 65.6 Å². The van der Waals surface area contributed by atoms with Crippen LogP contribution in [0.5, 0.6) is 0 Å². The summed E-state index contributed by atoms with van der Waals surface area (Å²) in [6.07, 6.45) is 3.27. The van der Waals surface area contributed by atoms with Crippen molar-refractivity contribution in [2.24, 2.45) is 0 Å². The predicted molar refractivity (Wildman–Crippen MR) is 39.0 cm³/mol. The zero-order valence-electron chi connectivity index (χ0n) is 6.48. The Kier molecular flexibility index (Phi) is 7.03. The van der Waals surface area contributed by atoms with Gasteiger partial charge in [-0.15, -0.1) is 0 Å². The first kappa shape index (κ1) is 10.4. The van der Waals surface area contributed by atoms with Crippen molar-refractivity contribution >= 4 is 5.91 Å². The molecular weight excluding hydrogens is 149 g/mol. The van der Waals surface area contributed by atoms with Gasteiger partial charge in [0.05, 0.1) is 6.67 Å². The third-order valence-electron chi connectivity index (χ3n) is 1.41. The molecule has 0 saturated heterocycles. The molecule has 0 bridgehead atoms. The van der Waals surface area contributed by atoms with Crippen molar-refractivity contribution in [3.63, 3.8) is 0 Å². The molecule has 0 atom stereocenters. The van der Waals surface area contributed by atoms with E-state index in [0.29, 0.717) is 19.3 Å². The monoisotopic (exact) mass is 163 g/mol. The molecule has 0 radical (unpaired) electrons. The lowest BCUT2D eigenvalue weighted by Crippen LogP contribution is -2.17. The smallest absolute Gasteiger partial charge is 0.243 e. The van der Waals surface area contributed by atoms with E-state index in [-0.39, 0.29) is 12.6 Å². The predicted octanol–water partition coefficient (Wildman–Crippen LogP) is 1.41. The number of carbonyl (C=O) groups is 1. The molecule has 0 saturated carbocycles. The van der Waals surface area contributed by atoms with Gasteiger partial charge in [0.15, 0.2) is 0 Å². The van der Waals surface area contributed by atoms with Crippen LogP contribution in [0.3, 0.4) is 0 Å². The van der Waals surface area contributed by atoms with Crippen molar-refractivity contribution in [2.75, 3.05) is 6.67 Å². The summed E-state index contributed by atoms with van der Waals surface area (Å²) in [4.78, 5) is 10.4. The Balaban J connectivity index is 2.95. The Hall–Kier alpha value is -0.640. The van der Waals surface area contributed by atoms with Gasteiger partial charge in [-0.1, -0.05) is 12.8 Å². The first-order valence-corrected chi connectivity index (χ1v) is 3.80. The minimum Gasteiger partial charge on any atom is -0.289 e. The quantitative estimate of drug-likeness (QED) is 0.353. The Morgan fingerprint density at radius 2 is 1.91 bits per heavy atom. The number of amides is 1. The molecule has 0 heterocycles. The van der Waals surface area contributed by atoms with E-state index in [0.717, 1.165) is 12.8 Å². The lowest BCUT2D eigenvalue weighted by Gasteiger charge is -1.97. The highest BCUT2D eigenvalue weighted by molar-refractivity contribution is 5.74. The van der Waals surface area contributed by atoms with Crippen molar-refractivity contribution in [1.29, 1.82) is 0 Å². The zero-order valence-corrected chi connectivity index (χ0v) is 6.48. The number of rotatable bonds is 6. The van der Waals surface area contributed by atoms with Crippen LogP contribution in [0, 0.1) is 0 Å². The van der Waals surface area contributed by atoms with E-state index in [2.05, 4.69) is 0 Å². The molecule has 0 rings (SSSR count). The van der Waals surface area contributed by atoms with E-state index in [1.165, 1.54) is 0 Å². The molecule has 0 fully saturated rings. The molecule has 0 aliphatic carbocycles. The number of hydroxylamine groups is 1. The summed E-state index contributed by atoms with van der Waals surface area (Å²) >= 11 is 0. The largest absolute Gasteiger partial charge is 0.289 e. The van der Waals surface area contributed by atoms with Gasteiger partial charge < -0.3 is 0 Å². The van der Waals surface area contributed by atoms with Gasteiger partial charge >= 0.3 is 0 Å². The molecule has 1 amide bonds. The van der Waals surface area contributed by atoms with Crippen molar-refractivity contribution in [2.45, 2.75) is 32.1 Å². The normalized spacial score (nSPS) is 9.64. The van der Waals surface area contributed by atoms with E-state index in [9.17, 15) is 9.18 Å². The van der Waals surface area contributed by atoms with Crippen LogP contribution in [0.1, 0.15) is 32.1 Å². The van der Waals surface area contributed by atoms with E-state index in [4.69, 9.17) is 5.21 Å². The second kappa shape index (κ2) is 7.47. The minimum atomic E-state index is -0.370. The van der Waals surface area contributed by atoms with Gasteiger partial charge in [-0.3, -0.25) is 14.4 Å². The van der Waals surface area contributed by atoms with Gasteiger partial charge in [-0.05, 0) is 12.8 Å². The standard InChI is InChI=1S/C7H14FNO2/c8-6-4-2-1-3-5-7(10)9-11/h11H,1-6H2,(H,9,10). The molecule has 0 aromatic carbocycles. The van der Waals surface area contributed by atoms with E-state index < -0.39 is 0 Å². The van der Waals surface area contributed by atoms with Gasteiger partial charge in [-0.2, -0.15) is 0 Å². The number of unbranched alkanes of at least 4 members (excludes halogenated alkanes) is 3. The van der Waals surface area contributed by atoms with E-state index >= 15 is 0 Å². The maximum atomic E-state index is 11.5. The number of hydrogen-bond donors (Lipinski definition) is 2. The second-order valence-electron chi connectivity index (χ2n) is 2.39. The van der Waals surface area contributed by atoms with Crippen molar-refractivity contribution in [1.82, 2.24) is 5.48 Å².